The summed E-state index contributed by atoms with van der Waals surface area (Å²) in [5.41, 5.74) is 3.01. The summed E-state index contributed by atoms with van der Waals surface area (Å²) in [6, 6.07) is 2.09. The number of hydrogen-bond acceptors (Lipinski definition) is 4. The van der Waals surface area contributed by atoms with Crippen molar-refractivity contribution in [2.24, 2.45) is 0 Å². The third-order valence-corrected chi connectivity index (χ3v) is 2.68. The van der Waals surface area contributed by atoms with Crippen LogP contribution in [0.1, 0.15) is 0 Å². The van der Waals surface area contributed by atoms with E-state index in [-0.39, 0.29) is 0 Å². The molecule has 0 saturated heterocycles. The highest BCUT2D eigenvalue weighted by Gasteiger charge is 2.09. The summed E-state index contributed by atoms with van der Waals surface area (Å²) in [5, 5.41) is 3.31. The Morgan fingerprint density at radius 3 is 3.38 bits per heavy atom. The van der Waals surface area contributed by atoms with Gasteiger partial charge in [-0.05, 0) is 23.4 Å². The quantitative estimate of drug-likeness (QED) is 0.542. The minimum atomic E-state index is 1.23. The smallest absolute Gasteiger partial charge is 0.119 e. The second-order valence-electron chi connectivity index (χ2n) is 1.44. The first-order valence-electron chi connectivity index (χ1n) is 2.22. The summed E-state index contributed by atoms with van der Waals surface area (Å²) in [6.45, 7) is 0. The molecule has 1 aliphatic heterocycles. The van der Waals surface area contributed by atoms with Crippen molar-refractivity contribution in [1.29, 1.82) is 0 Å². The molecule has 0 aliphatic carbocycles. The minimum Gasteiger partial charge on any atom is -0.302 e. The van der Waals surface area contributed by atoms with Crippen LogP contribution in [0.4, 0.5) is 5.00 Å². The van der Waals surface area contributed by atoms with Crippen molar-refractivity contribution >= 4 is 28.3 Å². The Balaban J connectivity index is 2.54. The lowest BCUT2D eigenvalue weighted by atomic mass is 10.6. The van der Waals surface area contributed by atoms with Crippen molar-refractivity contribution in [1.82, 2.24) is 4.83 Å². The van der Waals surface area contributed by atoms with E-state index in [0.29, 0.717) is 0 Å². The molecule has 2 rings (SSSR count). The van der Waals surface area contributed by atoms with Crippen LogP contribution < -0.4 is 10.3 Å². The standard InChI is InChI=1S/C4H4N2S2/c1-2-7-4-3(1)8-6-5-4/h1-2,5-6H. The molecule has 0 unspecified atom stereocenters. The van der Waals surface area contributed by atoms with E-state index in [2.05, 4.69) is 21.7 Å². The summed E-state index contributed by atoms with van der Waals surface area (Å²) in [6.07, 6.45) is 0. The molecule has 0 radical (unpaired) electrons. The number of hydrogen-bond donors (Lipinski definition) is 2. The predicted molar refractivity (Wildman–Crippen MR) is 36.9 cm³/mol. The highest BCUT2D eigenvalue weighted by atomic mass is 32.2. The van der Waals surface area contributed by atoms with Crippen LogP contribution in [-0.2, 0) is 0 Å². The molecule has 0 fully saturated rings. The van der Waals surface area contributed by atoms with Crippen molar-refractivity contribution in [2.75, 3.05) is 5.43 Å². The molecule has 0 aromatic carbocycles. The number of rotatable bonds is 0. The summed E-state index contributed by atoms with van der Waals surface area (Å²) in [7, 11) is 0. The van der Waals surface area contributed by atoms with Gasteiger partial charge in [0.15, 0.2) is 0 Å². The molecule has 2 N–H and O–H groups in total. The molecule has 0 atom stereocenters. The summed E-state index contributed by atoms with van der Waals surface area (Å²) in [5.74, 6) is 0. The molecule has 2 heterocycles. The maximum Gasteiger partial charge on any atom is 0.119 e. The van der Waals surface area contributed by atoms with Gasteiger partial charge in [0.05, 0.1) is 4.90 Å². The third-order valence-electron chi connectivity index (χ3n) is 0.955. The zero-order valence-corrected chi connectivity index (χ0v) is 5.60. The number of nitrogens with one attached hydrogen (secondary N) is 2. The molecular formula is C4H4N2S2. The molecule has 0 saturated carbocycles. The first kappa shape index (κ1) is 4.67. The van der Waals surface area contributed by atoms with Crippen LogP contribution in [0.2, 0.25) is 0 Å². The van der Waals surface area contributed by atoms with Crippen LogP contribution in [0.25, 0.3) is 0 Å². The average molecular weight is 144 g/mol. The molecule has 2 nitrogen and oxygen atoms in total. The number of anilines is 1. The van der Waals surface area contributed by atoms with E-state index in [9.17, 15) is 0 Å². The number of hydrazine groups is 1. The van der Waals surface area contributed by atoms with Crippen LogP contribution in [0.5, 0.6) is 0 Å². The zero-order chi connectivity index (χ0) is 5.40. The molecule has 0 spiro atoms. The van der Waals surface area contributed by atoms with Crippen LogP contribution in [0.3, 0.4) is 0 Å². The van der Waals surface area contributed by atoms with Crippen LogP contribution >= 0.6 is 23.3 Å². The lowest BCUT2D eigenvalue weighted by Gasteiger charge is -1.86. The van der Waals surface area contributed by atoms with Gasteiger partial charge in [-0.1, -0.05) is 0 Å². The van der Waals surface area contributed by atoms with E-state index in [1.54, 1.807) is 23.3 Å². The van der Waals surface area contributed by atoms with Gasteiger partial charge in [-0.2, -0.15) is 4.83 Å². The van der Waals surface area contributed by atoms with Crippen LogP contribution in [-0.4, -0.2) is 0 Å². The number of thiophene rings is 1. The van der Waals surface area contributed by atoms with E-state index in [4.69, 9.17) is 0 Å². The summed E-state index contributed by atoms with van der Waals surface area (Å²) in [4.78, 5) is 4.25. The monoisotopic (exact) mass is 144 g/mol. The van der Waals surface area contributed by atoms with Gasteiger partial charge in [0, 0.05) is 0 Å². The lowest BCUT2D eigenvalue weighted by molar-refractivity contribution is 1.27. The molecule has 0 amide bonds. The van der Waals surface area contributed by atoms with Crippen molar-refractivity contribution in [2.45, 2.75) is 4.90 Å². The molecule has 4 heteroatoms. The fourth-order valence-electron chi connectivity index (χ4n) is 0.596. The second kappa shape index (κ2) is 1.65. The van der Waals surface area contributed by atoms with Gasteiger partial charge >= 0.3 is 0 Å². The van der Waals surface area contributed by atoms with Crippen molar-refractivity contribution in [3.8, 4) is 0 Å². The molecular weight excluding hydrogens is 140 g/mol. The fourth-order valence-corrected chi connectivity index (χ4v) is 2.19. The van der Waals surface area contributed by atoms with E-state index in [1.165, 1.54) is 9.90 Å². The average Bonchev–Trinajstić information content (AvgIpc) is 2.15. The number of fused-ring (bicyclic) bond motifs is 1. The normalized spacial score (nSPS) is 15.5. The Kier molecular flexibility index (Phi) is 0.961. The molecule has 1 aliphatic rings. The highest BCUT2D eigenvalue weighted by Crippen LogP contribution is 2.34. The first-order valence-corrected chi connectivity index (χ1v) is 3.92. The zero-order valence-electron chi connectivity index (χ0n) is 3.97. The van der Waals surface area contributed by atoms with Gasteiger partial charge < -0.3 is 5.43 Å². The van der Waals surface area contributed by atoms with E-state index >= 15 is 0 Å². The van der Waals surface area contributed by atoms with Crippen molar-refractivity contribution in [3.63, 3.8) is 0 Å². The second-order valence-corrected chi connectivity index (χ2v) is 3.21. The Morgan fingerprint density at radius 1 is 1.50 bits per heavy atom. The Hall–Kier alpha value is -0.190. The van der Waals surface area contributed by atoms with Gasteiger partial charge in [0.2, 0.25) is 0 Å². The third kappa shape index (κ3) is 0.538. The van der Waals surface area contributed by atoms with Crippen LogP contribution in [0.15, 0.2) is 16.3 Å². The lowest BCUT2D eigenvalue weighted by Crippen LogP contribution is -2.03. The minimum absolute atomic E-state index is 1.23. The fraction of sp³-hybridized carbons (Fsp3) is 0. The topological polar surface area (TPSA) is 24.1 Å². The van der Waals surface area contributed by atoms with Gasteiger partial charge in [-0.25, -0.2) is 0 Å². The van der Waals surface area contributed by atoms with Crippen molar-refractivity contribution in [3.05, 3.63) is 11.4 Å². The van der Waals surface area contributed by atoms with Crippen LogP contribution in [0, 0.1) is 0 Å². The Bertz CT molecular complexity index is 177. The molecule has 1 aromatic rings. The van der Waals surface area contributed by atoms with E-state index in [1.807, 2.05) is 0 Å². The maximum absolute atomic E-state index is 3.01. The molecule has 42 valence electrons. The Morgan fingerprint density at radius 2 is 2.50 bits per heavy atom. The maximum atomic E-state index is 3.01. The molecule has 1 aromatic heterocycles. The predicted octanol–water partition coefficient (Wildman–Crippen LogP) is 1.69. The summed E-state index contributed by atoms with van der Waals surface area (Å²) < 4.78 is 0. The SMILES string of the molecule is c1cc2c(s1)NNS2. The molecule has 0 bridgehead atoms. The van der Waals surface area contributed by atoms with E-state index < -0.39 is 0 Å². The Labute approximate surface area is 55.4 Å². The van der Waals surface area contributed by atoms with Gasteiger partial charge in [0.25, 0.3) is 0 Å². The van der Waals surface area contributed by atoms with Gasteiger partial charge in [-0.15, -0.1) is 11.3 Å². The van der Waals surface area contributed by atoms with E-state index in [0.717, 1.165) is 0 Å². The highest BCUT2D eigenvalue weighted by molar-refractivity contribution is 7.98. The first-order chi connectivity index (χ1) is 3.97. The van der Waals surface area contributed by atoms with Gasteiger partial charge in [0.1, 0.15) is 5.00 Å². The van der Waals surface area contributed by atoms with Gasteiger partial charge in [-0.3, -0.25) is 0 Å². The van der Waals surface area contributed by atoms with Crippen molar-refractivity contribution < 1.29 is 0 Å². The summed E-state index contributed by atoms with van der Waals surface area (Å²) >= 11 is 3.34. The molecule has 8 heavy (non-hydrogen) atoms. The largest absolute Gasteiger partial charge is 0.302 e.